The molecule has 6 rings (SSSR count). The number of hydrogen-bond donors (Lipinski definition) is 1. The van der Waals surface area contributed by atoms with E-state index in [9.17, 15) is 20.0 Å². The first-order chi connectivity index (χ1) is 18.4. The lowest BCUT2D eigenvalue weighted by Crippen LogP contribution is -2.70. The minimum absolute atomic E-state index is 0.0649. The van der Waals surface area contributed by atoms with E-state index in [-0.39, 0.29) is 35.2 Å². The van der Waals surface area contributed by atoms with Crippen LogP contribution in [-0.2, 0) is 14.4 Å². The number of thioether (sulfide) groups is 1. The van der Waals surface area contributed by atoms with E-state index in [4.69, 9.17) is 16.4 Å². The number of aliphatic hydroxyl groups excluding tert-OH is 1. The van der Waals surface area contributed by atoms with Crippen molar-refractivity contribution >= 4 is 39.9 Å². The van der Waals surface area contributed by atoms with E-state index in [0.29, 0.717) is 23.7 Å². The number of allylic oxidation sites excluding steroid dienone is 4. The summed E-state index contributed by atoms with van der Waals surface area (Å²) in [6, 6.07) is 9.00. The summed E-state index contributed by atoms with van der Waals surface area (Å²) in [7, 11) is 0. The van der Waals surface area contributed by atoms with Crippen molar-refractivity contribution < 1.29 is 28.3 Å². The van der Waals surface area contributed by atoms with Crippen molar-refractivity contribution in [3.05, 3.63) is 53.1 Å². The maximum absolute atomic E-state index is 17.5. The average Bonchev–Trinajstić information content (AvgIpc) is 3.39. The van der Waals surface area contributed by atoms with Gasteiger partial charge in [0.2, 0.25) is 5.12 Å². The number of benzene rings is 1. The highest BCUT2D eigenvalue weighted by molar-refractivity contribution is 8.14. The normalized spacial score (nSPS) is 44.1. The van der Waals surface area contributed by atoms with E-state index >= 15 is 8.78 Å². The smallest absolute Gasteiger partial charge is 0.225 e. The van der Waals surface area contributed by atoms with E-state index in [0.717, 1.165) is 11.8 Å². The van der Waals surface area contributed by atoms with Gasteiger partial charge in [-0.25, -0.2) is 8.78 Å². The Balaban J connectivity index is 1.44. The monoisotopic (exact) mass is 574 g/mol. The Bertz CT molecular complexity index is 1350. The van der Waals surface area contributed by atoms with Crippen molar-refractivity contribution in [1.29, 1.82) is 5.26 Å². The molecule has 1 aromatic rings. The Morgan fingerprint density at radius 1 is 1.28 bits per heavy atom. The molecule has 4 aliphatic carbocycles. The molecule has 5 aliphatic rings. The first-order valence-electron chi connectivity index (χ1n) is 13.1. The molecule has 0 unspecified atom stereocenters. The number of hydrogen-bond acceptors (Lipinski definition) is 7. The second kappa shape index (κ2) is 8.87. The average molecular weight is 575 g/mol. The van der Waals surface area contributed by atoms with E-state index in [1.54, 1.807) is 36.3 Å². The molecule has 0 bridgehead atoms. The highest BCUT2D eigenvalue weighted by Crippen LogP contribution is 2.73. The number of carbonyl (C=O) groups is 2. The molecule has 0 spiro atoms. The molecule has 1 N–H and O–H groups in total. The maximum atomic E-state index is 17.5. The zero-order chi connectivity index (χ0) is 28.0. The molecule has 4 fully saturated rings. The lowest BCUT2D eigenvalue weighted by atomic mass is 9.44. The van der Waals surface area contributed by atoms with Crippen molar-refractivity contribution in [2.75, 3.05) is 17.4 Å². The van der Waals surface area contributed by atoms with Crippen molar-refractivity contribution in [2.45, 2.75) is 56.7 Å². The van der Waals surface area contributed by atoms with Crippen LogP contribution in [0.25, 0.3) is 0 Å². The van der Waals surface area contributed by atoms with Gasteiger partial charge in [0.05, 0.1) is 30.2 Å². The largest absolute Gasteiger partial charge is 0.390 e. The molecule has 1 aliphatic heterocycles. The summed E-state index contributed by atoms with van der Waals surface area (Å²) in [6.07, 6.45) is 0.846. The second-order valence-corrected chi connectivity index (χ2v) is 13.3. The predicted octanol–water partition coefficient (Wildman–Crippen LogP) is 5.16. The van der Waals surface area contributed by atoms with Crippen LogP contribution in [0.3, 0.4) is 0 Å². The number of anilines is 1. The second-order valence-electron chi connectivity index (χ2n) is 11.9. The third-order valence-electron chi connectivity index (χ3n) is 10.3. The standard InChI is InChI=1S/C29H29ClF2N2O4S/c1-26-8-7-19(35)12-22(26)23(31)13-21-20-11-16-15-34(18-5-3-17(30)4-6-18)38-29(16,25(37)39-10-9-33)27(20,2)14-24(36)28(21,26)32/h3-8,12,16,20-21,23-24,36H,10-11,13-15H2,1-2H3/t16-,20-,21-,23-,24-,26-,27-,28-,29-/m0/s1. The van der Waals surface area contributed by atoms with Gasteiger partial charge in [-0.3, -0.25) is 19.5 Å². The first kappa shape index (κ1) is 26.9. The Labute approximate surface area is 235 Å². The van der Waals surface area contributed by atoms with E-state index in [1.165, 1.54) is 18.2 Å². The van der Waals surface area contributed by atoms with Gasteiger partial charge in [-0.1, -0.05) is 36.4 Å². The minimum atomic E-state index is -2.23. The molecule has 0 radical (unpaired) electrons. The van der Waals surface area contributed by atoms with Gasteiger partial charge >= 0.3 is 0 Å². The quantitative estimate of drug-likeness (QED) is 0.533. The third kappa shape index (κ3) is 3.38. The van der Waals surface area contributed by atoms with Crippen molar-refractivity contribution in [3.8, 4) is 6.07 Å². The van der Waals surface area contributed by atoms with Crippen LogP contribution in [-0.4, -0.2) is 51.8 Å². The van der Waals surface area contributed by atoms with Gasteiger partial charge in [0.15, 0.2) is 17.1 Å². The fourth-order valence-electron chi connectivity index (χ4n) is 8.55. The molecule has 1 heterocycles. The van der Waals surface area contributed by atoms with Gasteiger partial charge in [0.1, 0.15) is 6.17 Å². The van der Waals surface area contributed by atoms with Crippen LogP contribution in [0.15, 0.2) is 48.1 Å². The number of ketones is 1. The SMILES string of the molecule is C[C@]12C=CC(=O)C=C1[C@@H](F)C[C@H]1[C@@H]3C[C@H]4CN(c5ccc(Cl)cc5)O[C@@]4(C(=O)SCC#N)[C@@]3(C)C[C@H](O)[C@@]12F. The van der Waals surface area contributed by atoms with Crippen LogP contribution in [0.1, 0.15) is 33.1 Å². The van der Waals surface area contributed by atoms with Crippen LogP contribution in [0, 0.1) is 39.9 Å². The molecule has 3 saturated carbocycles. The van der Waals surface area contributed by atoms with Crippen LogP contribution in [0.2, 0.25) is 5.02 Å². The molecule has 0 amide bonds. The van der Waals surface area contributed by atoms with Gasteiger partial charge in [-0.15, -0.1) is 0 Å². The fraction of sp³-hybridized carbons (Fsp3) is 0.552. The Kier molecular flexibility index (Phi) is 6.13. The number of carbonyl (C=O) groups excluding carboxylic acids is 2. The molecular weight excluding hydrogens is 546 g/mol. The van der Waals surface area contributed by atoms with E-state index in [1.807, 2.05) is 13.0 Å². The molecule has 0 aromatic heterocycles. The van der Waals surface area contributed by atoms with E-state index < -0.39 is 52.0 Å². The summed E-state index contributed by atoms with van der Waals surface area (Å²) in [5, 5.41) is 22.7. The first-order valence-corrected chi connectivity index (χ1v) is 14.5. The molecule has 1 saturated heterocycles. The summed E-state index contributed by atoms with van der Waals surface area (Å²) in [5.74, 6) is -2.23. The number of nitrogens with zero attached hydrogens (tertiary/aromatic N) is 2. The number of alkyl halides is 2. The minimum Gasteiger partial charge on any atom is -0.390 e. The van der Waals surface area contributed by atoms with Crippen LogP contribution in [0.5, 0.6) is 0 Å². The number of halogens is 3. The van der Waals surface area contributed by atoms with Gasteiger partial charge in [0, 0.05) is 27.7 Å². The summed E-state index contributed by atoms with van der Waals surface area (Å²) in [5.41, 5.74) is -5.45. The number of rotatable bonds is 3. The van der Waals surface area contributed by atoms with Gasteiger partial charge in [-0.2, -0.15) is 5.26 Å². The van der Waals surface area contributed by atoms with Crippen LogP contribution < -0.4 is 5.06 Å². The number of aliphatic hydroxyl groups is 1. The highest BCUT2D eigenvalue weighted by atomic mass is 35.5. The molecule has 10 heteroatoms. The van der Waals surface area contributed by atoms with Gasteiger partial charge < -0.3 is 5.11 Å². The molecular formula is C29H29ClF2N2O4S. The maximum Gasteiger partial charge on any atom is 0.225 e. The molecule has 1 aromatic carbocycles. The van der Waals surface area contributed by atoms with Crippen molar-refractivity contribution in [2.24, 2.45) is 28.6 Å². The number of fused-ring (bicyclic) bond motifs is 7. The summed E-state index contributed by atoms with van der Waals surface area (Å²) in [6.45, 7) is 3.74. The molecule has 9 atom stereocenters. The molecule has 39 heavy (non-hydrogen) atoms. The van der Waals surface area contributed by atoms with Gasteiger partial charge in [-0.05, 0) is 74.1 Å². The zero-order valence-corrected chi connectivity index (χ0v) is 23.1. The highest BCUT2D eigenvalue weighted by Gasteiger charge is 2.79. The molecule has 206 valence electrons. The van der Waals surface area contributed by atoms with Crippen LogP contribution in [0.4, 0.5) is 14.5 Å². The Morgan fingerprint density at radius 2 is 2.00 bits per heavy atom. The molecule has 6 nitrogen and oxygen atoms in total. The number of hydroxylamine groups is 1. The number of nitriles is 1. The van der Waals surface area contributed by atoms with Crippen molar-refractivity contribution in [3.63, 3.8) is 0 Å². The van der Waals surface area contributed by atoms with Crippen molar-refractivity contribution in [1.82, 2.24) is 0 Å². The fourth-order valence-corrected chi connectivity index (χ4v) is 9.53. The summed E-state index contributed by atoms with van der Waals surface area (Å²) < 4.78 is 33.3. The summed E-state index contributed by atoms with van der Waals surface area (Å²) >= 11 is 6.93. The van der Waals surface area contributed by atoms with Gasteiger partial charge in [0.25, 0.3) is 0 Å². The lowest BCUT2D eigenvalue weighted by molar-refractivity contribution is -0.225. The zero-order valence-electron chi connectivity index (χ0n) is 21.6. The van der Waals surface area contributed by atoms with E-state index in [2.05, 4.69) is 0 Å². The summed E-state index contributed by atoms with van der Waals surface area (Å²) in [4.78, 5) is 32.6. The Morgan fingerprint density at radius 3 is 2.69 bits per heavy atom. The van der Waals surface area contributed by atoms with Crippen LogP contribution >= 0.6 is 23.4 Å². The third-order valence-corrected chi connectivity index (χ3v) is 11.4. The predicted molar refractivity (Wildman–Crippen MR) is 143 cm³/mol. The topological polar surface area (TPSA) is 90.6 Å². The lowest BCUT2D eigenvalue weighted by Gasteiger charge is -2.63. The Hall–Kier alpha value is -2.25.